The van der Waals surface area contributed by atoms with E-state index in [1.807, 2.05) is 0 Å². The Morgan fingerprint density at radius 2 is 1.81 bits per heavy atom. The van der Waals surface area contributed by atoms with Crippen LogP contribution < -0.4 is 16.0 Å². The molecule has 1 aromatic carbocycles. The van der Waals surface area contributed by atoms with Crippen LogP contribution in [0.1, 0.15) is 39.2 Å². The zero-order valence-electron chi connectivity index (χ0n) is 20.0. The number of aliphatic imine (C=N–C) groups is 1. The molecule has 1 aliphatic rings. The van der Waals surface area contributed by atoms with Crippen molar-refractivity contribution in [2.24, 2.45) is 10.9 Å². The van der Waals surface area contributed by atoms with Crippen LogP contribution in [-0.4, -0.2) is 76.6 Å². The van der Waals surface area contributed by atoms with Crippen molar-refractivity contribution < 1.29 is 9.47 Å². The number of ether oxygens (including phenoxy) is 2. The van der Waals surface area contributed by atoms with E-state index >= 15 is 0 Å². The second-order valence-corrected chi connectivity index (χ2v) is 7.98. The Morgan fingerprint density at radius 3 is 2.42 bits per heavy atom. The topological polar surface area (TPSA) is 70.2 Å². The Kier molecular flexibility index (Phi) is 12.3. The summed E-state index contributed by atoms with van der Waals surface area (Å²) in [6.45, 7) is 14.3. The molecule has 2 rings (SSSR count). The van der Waals surface area contributed by atoms with Gasteiger partial charge in [-0.3, -0.25) is 4.90 Å². The summed E-state index contributed by atoms with van der Waals surface area (Å²) < 4.78 is 10.7. The number of guanidine groups is 1. The summed E-state index contributed by atoms with van der Waals surface area (Å²) in [5.41, 5.74) is 2.30. The zero-order chi connectivity index (χ0) is 22.3. The normalized spacial score (nSPS) is 16.4. The summed E-state index contributed by atoms with van der Waals surface area (Å²) in [5.74, 6) is 1.56. The van der Waals surface area contributed by atoms with Crippen molar-refractivity contribution in [3.63, 3.8) is 0 Å². The second kappa shape index (κ2) is 15.1. The SMILES string of the molecule is CCNC(=NCc1ccc(NCCOC)cc1)NCC(C(CC)CC)N1CCOCC1. The molecule has 0 spiro atoms. The quantitative estimate of drug-likeness (QED) is 0.252. The third kappa shape index (κ3) is 9.05. The van der Waals surface area contributed by atoms with Crippen LogP contribution in [0.2, 0.25) is 0 Å². The highest BCUT2D eigenvalue weighted by Crippen LogP contribution is 2.19. The summed E-state index contributed by atoms with van der Waals surface area (Å²) in [6, 6.07) is 8.96. The first-order valence-electron chi connectivity index (χ1n) is 11.9. The molecule has 1 unspecified atom stereocenters. The molecule has 1 aliphatic heterocycles. The van der Waals surface area contributed by atoms with Crippen LogP contribution in [0.5, 0.6) is 0 Å². The first kappa shape index (κ1) is 25.4. The lowest BCUT2D eigenvalue weighted by atomic mass is 9.92. The Bertz CT molecular complexity index is 613. The van der Waals surface area contributed by atoms with Crippen molar-refractivity contribution in [2.75, 3.05) is 65.0 Å². The molecule has 1 aromatic rings. The van der Waals surface area contributed by atoms with Gasteiger partial charge in [-0.2, -0.15) is 0 Å². The third-order valence-corrected chi connectivity index (χ3v) is 5.94. The smallest absolute Gasteiger partial charge is 0.191 e. The molecule has 1 fully saturated rings. The van der Waals surface area contributed by atoms with Gasteiger partial charge in [0.1, 0.15) is 0 Å². The van der Waals surface area contributed by atoms with E-state index in [1.165, 1.54) is 18.4 Å². The Balaban J connectivity index is 1.95. The summed E-state index contributed by atoms with van der Waals surface area (Å²) >= 11 is 0. The number of methoxy groups -OCH3 is 1. The van der Waals surface area contributed by atoms with Crippen LogP contribution in [0.25, 0.3) is 0 Å². The minimum absolute atomic E-state index is 0.500. The van der Waals surface area contributed by atoms with Crippen molar-refractivity contribution in [1.82, 2.24) is 15.5 Å². The first-order valence-corrected chi connectivity index (χ1v) is 11.9. The van der Waals surface area contributed by atoms with Gasteiger partial charge < -0.3 is 25.4 Å². The molecule has 0 amide bonds. The molecule has 1 saturated heterocycles. The Hall–Kier alpha value is -1.83. The monoisotopic (exact) mass is 433 g/mol. The lowest BCUT2D eigenvalue weighted by molar-refractivity contribution is 0.00272. The predicted octanol–water partition coefficient (Wildman–Crippen LogP) is 2.94. The number of hydrogen-bond donors (Lipinski definition) is 3. The minimum atomic E-state index is 0.500. The summed E-state index contributed by atoms with van der Waals surface area (Å²) in [6.07, 6.45) is 2.39. The Labute approximate surface area is 189 Å². The lowest BCUT2D eigenvalue weighted by Gasteiger charge is -2.39. The fourth-order valence-corrected chi connectivity index (χ4v) is 4.07. The number of benzene rings is 1. The molecule has 7 nitrogen and oxygen atoms in total. The van der Waals surface area contributed by atoms with Gasteiger partial charge in [-0.05, 0) is 30.5 Å². The molecule has 0 aromatic heterocycles. The molecule has 0 saturated carbocycles. The van der Waals surface area contributed by atoms with Crippen LogP contribution in [0.4, 0.5) is 5.69 Å². The van der Waals surface area contributed by atoms with E-state index in [0.29, 0.717) is 25.1 Å². The van der Waals surface area contributed by atoms with Gasteiger partial charge in [0.25, 0.3) is 0 Å². The van der Waals surface area contributed by atoms with Crippen molar-refractivity contribution >= 4 is 11.6 Å². The van der Waals surface area contributed by atoms with Crippen LogP contribution >= 0.6 is 0 Å². The largest absolute Gasteiger partial charge is 0.383 e. The van der Waals surface area contributed by atoms with E-state index in [0.717, 1.165) is 57.6 Å². The molecular formula is C24H43N5O2. The maximum absolute atomic E-state index is 5.58. The van der Waals surface area contributed by atoms with Crippen LogP contribution in [0.3, 0.4) is 0 Å². The van der Waals surface area contributed by atoms with Crippen molar-refractivity contribution in [1.29, 1.82) is 0 Å². The molecule has 0 bridgehead atoms. The minimum Gasteiger partial charge on any atom is -0.383 e. The second-order valence-electron chi connectivity index (χ2n) is 7.98. The zero-order valence-corrected chi connectivity index (χ0v) is 20.0. The molecule has 0 aliphatic carbocycles. The van der Waals surface area contributed by atoms with Crippen molar-refractivity contribution in [2.45, 2.75) is 46.2 Å². The average Bonchev–Trinajstić information content (AvgIpc) is 2.81. The van der Waals surface area contributed by atoms with Gasteiger partial charge in [0, 0.05) is 51.6 Å². The molecular weight excluding hydrogens is 390 g/mol. The van der Waals surface area contributed by atoms with Gasteiger partial charge in [0.05, 0.1) is 26.4 Å². The maximum Gasteiger partial charge on any atom is 0.191 e. The highest BCUT2D eigenvalue weighted by atomic mass is 16.5. The van der Waals surface area contributed by atoms with Gasteiger partial charge in [-0.25, -0.2) is 4.99 Å². The van der Waals surface area contributed by atoms with E-state index in [1.54, 1.807) is 7.11 Å². The fourth-order valence-electron chi connectivity index (χ4n) is 4.07. The maximum atomic E-state index is 5.58. The van der Waals surface area contributed by atoms with Gasteiger partial charge in [-0.1, -0.05) is 38.8 Å². The number of nitrogens with zero attached hydrogens (tertiary/aromatic N) is 2. The number of morpholine rings is 1. The van der Waals surface area contributed by atoms with E-state index in [2.05, 4.69) is 65.9 Å². The van der Waals surface area contributed by atoms with Gasteiger partial charge >= 0.3 is 0 Å². The molecule has 31 heavy (non-hydrogen) atoms. The molecule has 0 radical (unpaired) electrons. The van der Waals surface area contributed by atoms with Gasteiger partial charge in [-0.15, -0.1) is 0 Å². The lowest BCUT2D eigenvalue weighted by Crippen LogP contribution is -2.53. The molecule has 176 valence electrons. The van der Waals surface area contributed by atoms with E-state index in [4.69, 9.17) is 14.5 Å². The summed E-state index contributed by atoms with van der Waals surface area (Å²) in [4.78, 5) is 7.42. The average molecular weight is 434 g/mol. The van der Waals surface area contributed by atoms with Crippen LogP contribution in [0, 0.1) is 5.92 Å². The first-order chi connectivity index (χ1) is 15.2. The Morgan fingerprint density at radius 1 is 1.10 bits per heavy atom. The number of anilines is 1. The number of hydrogen-bond acceptors (Lipinski definition) is 5. The standard InChI is InChI=1S/C24H43N5O2/c1-5-21(6-2)23(29-13-16-31-17-14-29)19-28-24(25-7-3)27-18-20-8-10-22(11-9-20)26-12-15-30-4/h8-11,21,23,26H,5-7,12-19H2,1-4H3,(H2,25,27,28). The van der Waals surface area contributed by atoms with Gasteiger partial charge in [0.2, 0.25) is 0 Å². The van der Waals surface area contributed by atoms with E-state index in [-0.39, 0.29) is 0 Å². The van der Waals surface area contributed by atoms with Crippen LogP contribution in [-0.2, 0) is 16.0 Å². The van der Waals surface area contributed by atoms with E-state index in [9.17, 15) is 0 Å². The van der Waals surface area contributed by atoms with Crippen LogP contribution in [0.15, 0.2) is 29.3 Å². The summed E-state index contributed by atoms with van der Waals surface area (Å²) in [5, 5.41) is 10.4. The molecule has 1 heterocycles. The third-order valence-electron chi connectivity index (χ3n) is 5.94. The molecule has 1 atom stereocenters. The fraction of sp³-hybridized carbons (Fsp3) is 0.708. The highest BCUT2D eigenvalue weighted by Gasteiger charge is 2.26. The molecule has 7 heteroatoms. The van der Waals surface area contributed by atoms with E-state index < -0.39 is 0 Å². The number of rotatable bonds is 13. The predicted molar refractivity (Wildman–Crippen MR) is 130 cm³/mol. The van der Waals surface area contributed by atoms with Crippen molar-refractivity contribution in [3.05, 3.63) is 29.8 Å². The number of nitrogens with one attached hydrogen (secondary N) is 3. The molecule has 3 N–H and O–H groups in total. The summed E-state index contributed by atoms with van der Waals surface area (Å²) in [7, 11) is 1.71. The van der Waals surface area contributed by atoms with Gasteiger partial charge in [0.15, 0.2) is 5.96 Å². The van der Waals surface area contributed by atoms with Crippen molar-refractivity contribution in [3.8, 4) is 0 Å². The highest BCUT2D eigenvalue weighted by molar-refractivity contribution is 5.79.